The van der Waals surface area contributed by atoms with Crippen LogP contribution in [0, 0.1) is 0 Å². The maximum atomic E-state index is 12.4. The fraction of sp³-hybridized carbons (Fsp3) is 0.278. The highest BCUT2D eigenvalue weighted by molar-refractivity contribution is 5.95. The van der Waals surface area contributed by atoms with Crippen molar-refractivity contribution >= 4 is 11.6 Å². The van der Waals surface area contributed by atoms with E-state index in [0.717, 1.165) is 23.2 Å². The standard InChI is InChI=1S/C18H22N2O/c1-4-14-12-16(10-11-17(14)19-3)18(21)20-13(2)15-8-6-5-7-9-15/h5-13,19H,4H2,1-3H3,(H,20,21)/t13-/m0/s1. The van der Waals surface area contributed by atoms with Crippen LogP contribution in [0.25, 0.3) is 0 Å². The molecule has 0 aliphatic rings. The molecule has 0 aliphatic carbocycles. The number of hydrogen-bond acceptors (Lipinski definition) is 2. The number of hydrogen-bond donors (Lipinski definition) is 2. The Labute approximate surface area is 126 Å². The van der Waals surface area contributed by atoms with Crippen LogP contribution in [-0.2, 0) is 6.42 Å². The van der Waals surface area contributed by atoms with Gasteiger partial charge in [-0.2, -0.15) is 0 Å². The minimum Gasteiger partial charge on any atom is -0.388 e. The highest BCUT2D eigenvalue weighted by Crippen LogP contribution is 2.19. The number of anilines is 1. The van der Waals surface area contributed by atoms with Gasteiger partial charge in [0.1, 0.15) is 0 Å². The van der Waals surface area contributed by atoms with Crippen molar-refractivity contribution < 1.29 is 4.79 Å². The zero-order chi connectivity index (χ0) is 15.2. The van der Waals surface area contributed by atoms with E-state index in [9.17, 15) is 4.79 Å². The van der Waals surface area contributed by atoms with Crippen LogP contribution in [0.2, 0.25) is 0 Å². The summed E-state index contributed by atoms with van der Waals surface area (Å²) in [5, 5.41) is 6.19. The quantitative estimate of drug-likeness (QED) is 0.876. The molecule has 0 heterocycles. The number of rotatable bonds is 5. The Morgan fingerprint density at radius 1 is 1.14 bits per heavy atom. The molecular formula is C18H22N2O. The summed E-state index contributed by atoms with van der Waals surface area (Å²) < 4.78 is 0. The lowest BCUT2D eigenvalue weighted by Crippen LogP contribution is -2.26. The first kappa shape index (κ1) is 15.1. The lowest BCUT2D eigenvalue weighted by atomic mass is 10.0. The largest absolute Gasteiger partial charge is 0.388 e. The molecule has 3 heteroatoms. The summed E-state index contributed by atoms with van der Waals surface area (Å²) >= 11 is 0. The highest BCUT2D eigenvalue weighted by Gasteiger charge is 2.12. The molecular weight excluding hydrogens is 260 g/mol. The second-order valence-corrected chi connectivity index (χ2v) is 5.08. The average Bonchev–Trinajstić information content (AvgIpc) is 2.54. The molecule has 2 rings (SSSR count). The summed E-state index contributed by atoms with van der Waals surface area (Å²) in [4.78, 5) is 12.4. The molecule has 0 aliphatic heterocycles. The van der Waals surface area contributed by atoms with Crippen LogP contribution in [-0.4, -0.2) is 13.0 Å². The van der Waals surface area contributed by atoms with E-state index in [2.05, 4.69) is 17.6 Å². The second kappa shape index (κ2) is 6.93. The predicted octanol–water partition coefficient (Wildman–Crippen LogP) is 3.78. The summed E-state index contributed by atoms with van der Waals surface area (Å²) in [6, 6.07) is 15.7. The molecule has 0 saturated carbocycles. The van der Waals surface area contributed by atoms with Crippen LogP contribution in [0.15, 0.2) is 48.5 Å². The van der Waals surface area contributed by atoms with Gasteiger partial charge in [-0.1, -0.05) is 37.3 Å². The zero-order valence-electron chi connectivity index (χ0n) is 12.8. The molecule has 0 radical (unpaired) electrons. The SMILES string of the molecule is CCc1cc(C(=O)N[C@@H](C)c2ccccc2)ccc1NC. The minimum atomic E-state index is -0.0382. The third-order valence-corrected chi connectivity index (χ3v) is 3.66. The third kappa shape index (κ3) is 3.63. The first-order valence-electron chi connectivity index (χ1n) is 7.32. The Morgan fingerprint density at radius 3 is 2.48 bits per heavy atom. The number of carbonyl (C=O) groups is 1. The van der Waals surface area contributed by atoms with Crippen LogP contribution in [0.1, 0.15) is 41.4 Å². The number of nitrogens with one attached hydrogen (secondary N) is 2. The van der Waals surface area contributed by atoms with Gasteiger partial charge in [-0.25, -0.2) is 0 Å². The number of carbonyl (C=O) groups excluding carboxylic acids is 1. The Kier molecular flexibility index (Phi) is 4.99. The van der Waals surface area contributed by atoms with Crippen LogP contribution in [0.5, 0.6) is 0 Å². The Morgan fingerprint density at radius 2 is 1.86 bits per heavy atom. The van der Waals surface area contributed by atoms with E-state index in [0.29, 0.717) is 5.56 Å². The van der Waals surface area contributed by atoms with Crippen molar-refractivity contribution in [2.45, 2.75) is 26.3 Å². The topological polar surface area (TPSA) is 41.1 Å². The van der Waals surface area contributed by atoms with Crippen LogP contribution < -0.4 is 10.6 Å². The smallest absolute Gasteiger partial charge is 0.251 e. The van der Waals surface area contributed by atoms with E-state index in [4.69, 9.17) is 0 Å². The second-order valence-electron chi connectivity index (χ2n) is 5.08. The molecule has 21 heavy (non-hydrogen) atoms. The number of aryl methyl sites for hydroxylation is 1. The fourth-order valence-electron chi connectivity index (χ4n) is 2.38. The molecule has 0 saturated heterocycles. The van der Waals surface area contributed by atoms with Crippen molar-refractivity contribution in [2.24, 2.45) is 0 Å². The zero-order valence-corrected chi connectivity index (χ0v) is 12.8. The van der Waals surface area contributed by atoms with Gasteiger partial charge in [-0.05, 0) is 42.7 Å². The molecule has 1 atom stereocenters. The van der Waals surface area contributed by atoms with Gasteiger partial charge in [0.25, 0.3) is 5.91 Å². The van der Waals surface area contributed by atoms with Crippen molar-refractivity contribution in [3.8, 4) is 0 Å². The summed E-state index contributed by atoms with van der Waals surface area (Å²) in [6.45, 7) is 4.08. The Balaban J connectivity index is 2.13. The first-order chi connectivity index (χ1) is 10.2. The summed E-state index contributed by atoms with van der Waals surface area (Å²) in [5.41, 5.74) is 4.03. The van der Waals surface area contributed by atoms with Crippen molar-refractivity contribution in [3.63, 3.8) is 0 Å². The summed E-state index contributed by atoms with van der Waals surface area (Å²) in [6.07, 6.45) is 0.894. The Hall–Kier alpha value is -2.29. The molecule has 2 N–H and O–H groups in total. The molecule has 110 valence electrons. The highest BCUT2D eigenvalue weighted by atomic mass is 16.1. The maximum absolute atomic E-state index is 12.4. The van der Waals surface area contributed by atoms with E-state index in [1.165, 1.54) is 0 Å². The molecule has 2 aromatic rings. The van der Waals surface area contributed by atoms with Crippen molar-refractivity contribution in [2.75, 3.05) is 12.4 Å². The maximum Gasteiger partial charge on any atom is 0.251 e. The molecule has 0 spiro atoms. The fourth-order valence-corrected chi connectivity index (χ4v) is 2.38. The molecule has 0 aromatic heterocycles. The number of amides is 1. The van der Waals surface area contributed by atoms with E-state index >= 15 is 0 Å². The molecule has 0 bridgehead atoms. The average molecular weight is 282 g/mol. The van der Waals surface area contributed by atoms with E-state index in [1.807, 2.05) is 62.5 Å². The van der Waals surface area contributed by atoms with Crippen molar-refractivity contribution in [1.82, 2.24) is 5.32 Å². The van der Waals surface area contributed by atoms with Crippen LogP contribution >= 0.6 is 0 Å². The van der Waals surface area contributed by atoms with Crippen molar-refractivity contribution in [1.29, 1.82) is 0 Å². The molecule has 2 aromatic carbocycles. The van der Waals surface area contributed by atoms with Gasteiger partial charge in [-0.3, -0.25) is 4.79 Å². The molecule has 0 fully saturated rings. The monoisotopic (exact) mass is 282 g/mol. The van der Waals surface area contributed by atoms with Gasteiger partial charge < -0.3 is 10.6 Å². The van der Waals surface area contributed by atoms with E-state index in [1.54, 1.807) is 0 Å². The van der Waals surface area contributed by atoms with Gasteiger partial charge in [-0.15, -0.1) is 0 Å². The van der Waals surface area contributed by atoms with Gasteiger partial charge >= 0.3 is 0 Å². The normalized spacial score (nSPS) is 11.8. The predicted molar refractivity (Wildman–Crippen MR) is 87.7 cm³/mol. The lowest BCUT2D eigenvalue weighted by Gasteiger charge is -2.15. The van der Waals surface area contributed by atoms with E-state index < -0.39 is 0 Å². The van der Waals surface area contributed by atoms with Gasteiger partial charge in [0.15, 0.2) is 0 Å². The summed E-state index contributed by atoms with van der Waals surface area (Å²) in [5.74, 6) is -0.0382. The minimum absolute atomic E-state index is 0.00671. The third-order valence-electron chi connectivity index (χ3n) is 3.66. The van der Waals surface area contributed by atoms with Gasteiger partial charge in [0.2, 0.25) is 0 Å². The van der Waals surface area contributed by atoms with Crippen LogP contribution in [0.3, 0.4) is 0 Å². The van der Waals surface area contributed by atoms with Gasteiger partial charge in [0, 0.05) is 18.3 Å². The van der Waals surface area contributed by atoms with Crippen LogP contribution in [0.4, 0.5) is 5.69 Å². The Bertz CT molecular complexity index is 608. The lowest BCUT2D eigenvalue weighted by molar-refractivity contribution is 0.0940. The number of benzene rings is 2. The van der Waals surface area contributed by atoms with Gasteiger partial charge in [0.05, 0.1) is 6.04 Å². The summed E-state index contributed by atoms with van der Waals surface area (Å²) in [7, 11) is 1.89. The van der Waals surface area contributed by atoms with Crippen molar-refractivity contribution in [3.05, 3.63) is 65.2 Å². The van der Waals surface area contributed by atoms with E-state index in [-0.39, 0.29) is 11.9 Å². The molecule has 3 nitrogen and oxygen atoms in total. The first-order valence-corrected chi connectivity index (χ1v) is 7.32. The molecule has 0 unspecified atom stereocenters. The molecule has 1 amide bonds.